The topological polar surface area (TPSA) is 323 Å². The normalized spacial score (nSPS) is 25.4. The van der Waals surface area contributed by atoms with Gasteiger partial charge in [0.1, 0.15) is 46.8 Å². The molecule has 0 unspecified atom stereocenters. The molecule has 81 heavy (non-hydrogen) atoms. The van der Waals surface area contributed by atoms with E-state index in [1.807, 2.05) is 13.0 Å². The number of halogens is 1. The molecule has 0 aromatic heterocycles. The fraction of sp³-hybridized carbons (Fsp3) is 0.509. The zero-order chi connectivity index (χ0) is 59.3. The van der Waals surface area contributed by atoms with Crippen LogP contribution in [0.5, 0.6) is 5.75 Å². The third-order valence-corrected chi connectivity index (χ3v) is 15.1. The van der Waals surface area contributed by atoms with E-state index in [-0.39, 0.29) is 65.9 Å². The van der Waals surface area contributed by atoms with Crippen LogP contribution < -0.4 is 52.6 Å². The molecule has 0 aliphatic carbocycles. The maximum atomic E-state index is 14.4. The van der Waals surface area contributed by atoms with Crippen molar-refractivity contribution in [2.75, 3.05) is 56.4 Å². The van der Waals surface area contributed by atoms with E-state index >= 15 is 0 Å². The van der Waals surface area contributed by atoms with Gasteiger partial charge in [-0.05, 0) is 106 Å². The van der Waals surface area contributed by atoms with Crippen LogP contribution in [0.15, 0.2) is 72.4 Å². The first-order valence-corrected chi connectivity index (χ1v) is 27.3. The predicted molar refractivity (Wildman–Crippen MR) is 304 cm³/mol. The molecule has 4 bridgehead atoms. The number of carbonyl (C=O) groups excluding carboxylic acids is 8. The highest BCUT2D eigenvalue weighted by molar-refractivity contribution is 7.80. The fourth-order valence-electron chi connectivity index (χ4n) is 9.77. The lowest BCUT2D eigenvalue weighted by Gasteiger charge is -2.42. The van der Waals surface area contributed by atoms with E-state index in [2.05, 4.69) is 37.2 Å². The van der Waals surface area contributed by atoms with Gasteiger partial charge in [-0.25, -0.2) is 14.4 Å². The number of primary amides is 1. The maximum Gasteiger partial charge on any atom is 0.412 e. The summed E-state index contributed by atoms with van der Waals surface area (Å²) in [7, 11) is 4.41. The first-order valence-electron chi connectivity index (χ1n) is 26.5. The quantitative estimate of drug-likeness (QED) is 0.0406. The van der Waals surface area contributed by atoms with E-state index in [0.29, 0.717) is 42.9 Å². The third-order valence-electron chi connectivity index (χ3n) is 14.4. The highest BCUT2D eigenvalue weighted by Gasteiger charge is 2.64. The van der Waals surface area contributed by atoms with Crippen molar-refractivity contribution in [1.82, 2.24) is 31.5 Å². The molecule has 4 aliphatic rings. The molecule has 440 valence electrons. The second-order valence-electron chi connectivity index (χ2n) is 20.9. The molecule has 0 saturated carbocycles. The van der Waals surface area contributed by atoms with Gasteiger partial charge in [0.2, 0.25) is 17.7 Å². The summed E-state index contributed by atoms with van der Waals surface area (Å²) in [5.74, 6) is -2.92. The summed E-state index contributed by atoms with van der Waals surface area (Å²) in [6, 6.07) is 6.81. The number of aliphatic hydroxyl groups is 1. The number of nitrogens with one attached hydrogen (secondary N) is 7. The van der Waals surface area contributed by atoms with Gasteiger partial charge in [-0.3, -0.25) is 39.5 Å². The molecule has 2 aromatic carbocycles. The first kappa shape index (κ1) is 62.9. The second kappa shape index (κ2) is 27.9. The monoisotopic (exact) mass is 1160 g/mol. The number of imide groups is 1. The van der Waals surface area contributed by atoms with Crippen molar-refractivity contribution in [2.45, 2.75) is 127 Å². The van der Waals surface area contributed by atoms with E-state index in [1.165, 1.54) is 55.5 Å². The largest absolute Gasteiger partial charge is 0.495 e. The number of rotatable bonds is 19. The van der Waals surface area contributed by atoms with E-state index in [9.17, 15) is 43.5 Å². The minimum atomic E-state index is -1.89. The number of alkyl carbamates (subject to hydrolysis) is 1. The van der Waals surface area contributed by atoms with Crippen LogP contribution in [0.3, 0.4) is 0 Å². The number of methoxy groups -OCH3 is 2. The summed E-state index contributed by atoms with van der Waals surface area (Å²) >= 11 is 12.3. The highest BCUT2D eigenvalue weighted by Crippen LogP contribution is 2.49. The summed E-state index contributed by atoms with van der Waals surface area (Å²) in [5, 5.41) is 31.5. The number of allylic oxidation sites excluding steroid dienone is 3. The molecular weight excluding hydrogens is 1090 g/mol. The van der Waals surface area contributed by atoms with E-state index < -0.39 is 96.1 Å². The van der Waals surface area contributed by atoms with Gasteiger partial charge >= 0.3 is 18.2 Å². The number of hydrogen-bond donors (Lipinski definition) is 9. The fourth-order valence-corrected chi connectivity index (χ4v) is 10.3. The Balaban J connectivity index is 1.14. The van der Waals surface area contributed by atoms with Crippen molar-refractivity contribution in [1.29, 1.82) is 0 Å². The number of carbonyl (C=O) groups is 8. The average Bonchev–Trinajstić information content (AvgIpc) is 4.06. The molecule has 0 radical (unpaired) electrons. The van der Waals surface area contributed by atoms with Gasteiger partial charge in [0.15, 0.2) is 10.8 Å². The second-order valence-corrected chi connectivity index (χ2v) is 21.7. The summed E-state index contributed by atoms with van der Waals surface area (Å²) in [6.07, 6.45) is 3.23. The van der Waals surface area contributed by atoms with Crippen LogP contribution in [-0.2, 0) is 49.3 Å². The number of anilines is 3. The SMILES string of the molecule is COc1cc2cc(c1Cl)N(C)C(=O)C[C@H](OC(=O)Nc1ccc(NC(=O)[C@H](CCCNC(N)=O)NC(=O)[C@@H](NC(=S)NCCCCN3C(=O)C=CC3=O)C(C)C)cc1)[C@]1(C)O[C@H]1[C@H](C)[C@@H]1C[C@@](O)(NC(=O)O1)[C@H](OC)/C=C/C=C(\C)C2. The molecule has 4 heterocycles. The Bertz CT molecular complexity index is 2780. The predicted octanol–water partition coefficient (Wildman–Crippen LogP) is 4.44. The minimum Gasteiger partial charge on any atom is -0.495 e. The van der Waals surface area contributed by atoms with E-state index in [0.717, 1.165) is 16.0 Å². The Kier molecular flexibility index (Phi) is 21.7. The number of unbranched alkanes of at least 4 members (excludes halogenated alkanes) is 1. The van der Waals surface area contributed by atoms with Gasteiger partial charge in [0.25, 0.3) is 11.8 Å². The standard InChI is InChI=1S/C55H73ClN10O14S/c1-30(2)46(63-51(81)59-22-9-10-24-66-42(67)20-21-43(66)68)49(71)62-36(14-12-23-58-50(57)72)48(70)60-34-16-18-35(19-17-34)61-52(73)79-41-28-44(69)65(6)37-26-33(27-38(76-7)45(37)56)25-31(3)13-11-15-40(77-8)55(75)29-39(78-53(74)64-55)32(4)47-54(41,5)80-47/h11,13,15-21,26-27,30,32,36,39-41,46-47,75H,9-10,12,14,22-25,28-29H2,1-8H3,(H,60,70)(H,61,73)(H,62,71)(H,64,74)(H3,57,58,72)(H2,59,63,81)/b15-11+,31-13+/t32-,36+,39+,40-,41+,46+,47+,54+,55+/m1/s1. The van der Waals surface area contributed by atoms with Crippen LogP contribution in [0.1, 0.15) is 78.7 Å². The smallest absolute Gasteiger partial charge is 0.412 e. The molecule has 24 nitrogen and oxygen atoms in total. The number of benzene rings is 2. The number of hydrogen-bond acceptors (Lipinski definition) is 15. The van der Waals surface area contributed by atoms with Crippen LogP contribution >= 0.6 is 23.8 Å². The highest BCUT2D eigenvalue weighted by atomic mass is 35.5. The molecular formula is C55H73ClN10O14S. The molecule has 2 fully saturated rings. The molecule has 10 N–H and O–H groups in total. The molecule has 4 aliphatic heterocycles. The molecule has 6 rings (SSSR count). The van der Waals surface area contributed by atoms with Gasteiger partial charge in [0, 0.05) is 69.7 Å². The van der Waals surface area contributed by atoms with Gasteiger partial charge < -0.3 is 66.0 Å². The Morgan fingerprint density at radius 3 is 2.27 bits per heavy atom. The van der Waals surface area contributed by atoms with Gasteiger partial charge in [0.05, 0.1) is 25.3 Å². The third kappa shape index (κ3) is 16.6. The molecule has 9 atom stereocenters. The van der Waals surface area contributed by atoms with Crippen molar-refractivity contribution in [2.24, 2.45) is 17.6 Å². The maximum absolute atomic E-state index is 14.4. The zero-order valence-electron chi connectivity index (χ0n) is 46.6. The molecule has 26 heteroatoms. The van der Waals surface area contributed by atoms with Crippen molar-refractivity contribution >= 4 is 93.7 Å². The lowest BCUT2D eigenvalue weighted by molar-refractivity contribution is -0.142. The summed E-state index contributed by atoms with van der Waals surface area (Å²) in [4.78, 5) is 107. The van der Waals surface area contributed by atoms with Crippen LogP contribution in [-0.4, -0.2) is 152 Å². The summed E-state index contributed by atoms with van der Waals surface area (Å²) in [5.41, 5.74) is 4.55. The summed E-state index contributed by atoms with van der Waals surface area (Å²) in [6.45, 7) is 9.71. The van der Waals surface area contributed by atoms with Crippen LogP contribution in [0.4, 0.5) is 31.4 Å². The van der Waals surface area contributed by atoms with Crippen LogP contribution in [0.25, 0.3) is 0 Å². The minimum absolute atomic E-state index is 0.0954. The van der Waals surface area contributed by atoms with E-state index in [4.69, 9.17) is 53.2 Å². The van der Waals surface area contributed by atoms with Crippen molar-refractivity contribution in [3.63, 3.8) is 0 Å². The van der Waals surface area contributed by atoms with Crippen LogP contribution in [0.2, 0.25) is 5.02 Å². The van der Waals surface area contributed by atoms with Gasteiger partial charge in [-0.1, -0.05) is 56.2 Å². The number of epoxide rings is 1. The van der Waals surface area contributed by atoms with Gasteiger partial charge in [-0.2, -0.15) is 0 Å². The molecule has 9 amide bonds. The van der Waals surface area contributed by atoms with E-state index in [1.54, 1.807) is 59.0 Å². The lowest BCUT2D eigenvalue weighted by Crippen LogP contribution is -2.63. The Labute approximate surface area is 480 Å². The number of nitrogens with zero attached hydrogens (tertiary/aromatic N) is 2. The van der Waals surface area contributed by atoms with Crippen LogP contribution in [0, 0.1) is 11.8 Å². The number of ether oxygens (including phenoxy) is 5. The molecule has 2 saturated heterocycles. The van der Waals surface area contributed by atoms with Gasteiger partial charge in [-0.15, -0.1) is 0 Å². The average molecular weight is 1170 g/mol. The Morgan fingerprint density at radius 1 is 0.963 bits per heavy atom. The lowest BCUT2D eigenvalue weighted by atomic mass is 9.83. The zero-order valence-corrected chi connectivity index (χ0v) is 48.1. The number of nitrogens with two attached hydrogens (primary N) is 1. The first-order chi connectivity index (χ1) is 38.4. The Morgan fingerprint density at radius 2 is 1.63 bits per heavy atom. The Hall–Kier alpha value is -7.32. The number of amides is 9. The summed E-state index contributed by atoms with van der Waals surface area (Å²) < 4.78 is 29.4. The number of urea groups is 1. The number of fused-ring (bicyclic) bond motifs is 5. The van der Waals surface area contributed by atoms with Crippen molar-refractivity contribution in [3.8, 4) is 5.75 Å². The molecule has 0 spiro atoms. The number of thiocarbonyl (C=S) groups is 1. The van der Waals surface area contributed by atoms with Crippen molar-refractivity contribution in [3.05, 3.63) is 82.9 Å². The molecule has 2 aromatic rings. The van der Waals surface area contributed by atoms with Crippen molar-refractivity contribution < 1.29 is 67.1 Å².